The molecule has 0 aliphatic carbocycles. The molecule has 1 rings (SSSR count). The topological polar surface area (TPSA) is 112 Å². The van der Waals surface area contributed by atoms with Crippen LogP contribution in [0.2, 0.25) is 0 Å². The normalized spacial score (nSPS) is 13.6. The molecular weight excluding hydrogens is 399 g/mol. The summed E-state index contributed by atoms with van der Waals surface area (Å²) in [5.41, 5.74) is -1.74. The Kier molecular flexibility index (Phi) is 4.67. The highest BCUT2D eigenvalue weighted by Crippen LogP contribution is 2.45. The maximum absolute atomic E-state index is 13.5. The van der Waals surface area contributed by atoms with E-state index in [9.17, 15) is 47.6 Å². The van der Waals surface area contributed by atoms with E-state index in [4.69, 9.17) is 9.81 Å². The second kappa shape index (κ2) is 5.57. The maximum Gasteiger partial charge on any atom is 0.447 e. The average Bonchev–Trinajstić information content (AvgIpc) is 2.41. The molecule has 0 atom stereocenters. The van der Waals surface area contributed by atoms with Crippen molar-refractivity contribution in [3.63, 3.8) is 0 Å². The zero-order chi connectivity index (χ0) is 19.3. The van der Waals surface area contributed by atoms with Crippen LogP contribution in [0.3, 0.4) is 0 Å². The number of nitriles is 1. The first-order valence-electron chi connectivity index (χ1n) is 5.09. The quantitative estimate of drug-likeness (QED) is 0.468. The zero-order valence-electron chi connectivity index (χ0n) is 10.6. The summed E-state index contributed by atoms with van der Waals surface area (Å²) >= 11 is 0. The van der Waals surface area contributed by atoms with E-state index in [1.54, 1.807) is 0 Å². The smallest absolute Gasteiger partial charge is 0.281 e. The summed E-state index contributed by atoms with van der Waals surface area (Å²) in [6.07, 6.45) is 0. The molecule has 0 bridgehead atoms. The molecule has 0 aliphatic heterocycles. The third-order valence-corrected chi connectivity index (χ3v) is 5.37. The van der Waals surface area contributed by atoms with Gasteiger partial charge in [-0.25, -0.2) is 21.6 Å². The van der Waals surface area contributed by atoms with E-state index in [1.165, 1.54) is 0 Å². The van der Waals surface area contributed by atoms with Crippen LogP contribution in [0.15, 0.2) is 11.0 Å². The molecule has 1 aromatic rings. The lowest BCUT2D eigenvalue weighted by Crippen LogP contribution is -2.52. The predicted octanol–water partition coefficient (Wildman–Crippen LogP) is 1.82. The summed E-state index contributed by atoms with van der Waals surface area (Å²) in [5, 5.41) is -5.09. The summed E-state index contributed by atoms with van der Waals surface area (Å²) in [6, 6.07) is 0.0119. The largest absolute Gasteiger partial charge is 0.447 e. The number of sulfone groups is 1. The van der Waals surface area contributed by atoms with E-state index in [0.717, 1.165) is 6.07 Å². The standard InChI is InChI=1S/C9H2F7NO5S2/c10-4-1-5(7(12)6(11)3(4)2-17)23(18,19)8(13,14)9(15,16)24(20,21)22/h1H,(H,20,21,22). The summed E-state index contributed by atoms with van der Waals surface area (Å²) < 4.78 is 144. The Morgan fingerprint density at radius 2 is 1.42 bits per heavy atom. The van der Waals surface area contributed by atoms with Gasteiger partial charge in [0, 0.05) is 0 Å². The number of halogens is 7. The van der Waals surface area contributed by atoms with E-state index in [-0.39, 0.29) is 0 Å². The first kappa shape index (κ1) is 20.1. The number of alkyl halides is 4. The molecule has 0 amide bonds. The molecule has 15 heteroatoms. The molecule has 0 aromatic heterocycles. The molecule has 1 N–H and O–H groups in total. The minimum absolute atomic E-state index is 0.708. The maximum atomic E-state index is 13.5. The van der Waals surface area contributed by atoms with E-state index < -0.39 is 64.4 Å². The van der Waals surface area contributed by atoms with Crippen molar-refractivity contribution in [3.8, 4) is 6.07 Å². The number of hydrogen-bond acceptors (Lipinski definition) is 5. The van der Waals surface area contributed by atoms with Crippen molar-refractivity contribution in [3.05, 3.63) is 29.1 Å². The minimum atomic E-state index is -7.07. The van der Waals surface area contributed by atoms with E-state index >= 15 is 0 Å². The zero-order valence-corrected chi connectivity index (χ0v) is 12.2. The van der Waals surface area contributed by atoms with Crippen LogP contribution in [0, 0.1) is 28.8 Å². The van der Waals surface area contributed by atoms with Crippen LogP contribution in [-0.2, 0) is 20.0 Å². The van der Waals surface area contributed by atoms with Gasteiger partial charge in [-0.15, -0.1) is 0 Å². The van der Waals surface area contributed by atoms with E-state index in [0.29, 0.717) is 0 Å². The Balaban J connectivity index is 3.85. The molecule has 1 aromatic carbocycles. The first-order chi connectivity index (χ1) is 10.5. The molecule has 0 fully saturated rings. The molecule has 0 aliphatic rings. The second-order valence-electron chi connectivity index (χ2n) is 3.98. The highest BCUT2D eigenvalue weighted by molar-refractivity contribution is 7.94. The highest BCUT2D eigenvalue weighted by atomic mass is 32.2. The van der Waals surface area contributed by atoms with Gasteiger partial charge in [0.25, 0.3) is 9.84 Å². The highest BCUT2D eigenvalue weighted by Gasteiger charge is 2.73. The third kappa shape index (κ3) is 2.59. The number of rotatable bonds is 4. The third-order valence-electron chi connectivity index (χ3n) is 2.53. The molecule has 0 heterocycles. The lowest BCUT2D eigenvalue weighted by molar-refractivity contribution is -0.101. The first-order valence-corrected chi connectivity index (χ1v) is 8.01. The van der Waals surface area contributed by atoms with Crippen LogP contribution in [0.1, 0.15) is 5.56 Å². The van der Waals surface area contributed by atoms with Crippen molar-refractivity contribution >= 4 is 20.0 Å². The fraction of sp³-hybridized carbons (Fsp3) is 0.222. The Hall–Kier alpha value is -1.92. The van der Waals surface area contributed by atoms with Crippen LogP contribution in [0.25, 0.3) is 0 Å². The van der Waals surface area contributed by atoms with Gasteiger partial charge in [-0.2, -0.15) is 31.2 Å². The van der Waals surface area contributed by atoms with Gasteiger partial charge in [0.05, 0.1) is 0 Å². The second-order valence-corrected chi connectivity index (χ2v) is 7.41. The lowest BCUT2D eigenvalue weighted by atomic mass is 10.2. The fourth-order valence-corrected chi connectivity index (χ4v) is 3.43. The summed E-state index contributed by atoms with van der Waals surface area (Å²) in [5.74, 6) is -7.60. The number of nitrogens with zero attached hydrogens (tertiary/aromatic N) is 1. The number of hydrogen-bond donors (Lipinski definition) is 1. The van der Waals surface area contributed by atoms with Gasteiger partial charge >= 0.3 is 20.6 Å². The van der Waals surface area contributed by atoms with E-state index in [1.807, 2.05) is 0 Å². The van der Waals surface area contributed by atoms with Crippen LogP contribution in [-0.4, -0.2) is 31.9 Å². The van der Waals surface area contributed by atoms with Gasteiger partial charge in [0.15, 0.2) is 11.6 Å². The van der Waals surface area contributed by atoms with Gasteiger partial charge in [0.1, 0.15) is 22.3 Å². The van der Waals surface area contributed by atoms with Gasteiger partial charge in [-0.3, -0.25) is 4.55 Å². The van der Waals surface area contributed by atoms with Gasteiger partial charge in [-0.05, 0) is 6.07 Å². The Morgan fingerprint density at radius 1 is 0.958 bits per heavy atom. The van der Waals surface area contributed by atoms with Crippen molar-refractivity contribution in [2.75, 3.05) is 0 Å². The summed E-state index contributed by atoms with van der Waals surface area (Å²) in [7, 11) is -14.1. The molecule has 0 saturated heterocycles. The SMILES string of the molecule is N#Cc1c(F)cc(S(=O)(=O)C(F)(F)C(F)(F)S(=O)(=O)O)c(F)c1F. The van der Waals surface area contributed by atoms with Crippen LogP contribution >= 0.6 is 0 Å². The van der Waals surface area contributed by atoms with Crippen molar-refractivity contribution < 1.29 is 52.1 Å². The van der Waals surface area contributed by atoms with Crippen LogP contribution in [0.4, 0.5) is 30.7 Å². The Labute approximate surface area is 128 Å². The Bertz CT molecular complexity index is 949. The average molecular weight is 401 g/mol. The van der Waals surface area contributed by atoms with Crippen molar-refractivity contribution in [1.29, 1.82) is 5.26 Å². The molecule has 134 valence electrons. The fourth-order valence-electron chi connectivity index (χ4n) is 1.32. The Morgan fingerprint density at radius 3 is 1.79 bits per heavy atom. The molecule has 24 heavy (non-hydrogen) atoms. The van der Waals surface area contributed by atoms with Crippen molar-refractivity contribution in [1.82, 2.24) is 0 Å². The van der Waals surface area contributed by atoms with E-state index in [2.05, 4.69) is 0 Å². The molecule has 6 nitrogen and oxygen atoms in total. The van der Waals surface area contributed by atoms with Crippen molar-refractivity contribution in [2.45, 2.75) is 15.4 Å². The van der Waals surface area contributed by atoms with Gasteiger partial charge < -0.3 is 0 Å². The lowest BCUT2D eigenvalue weighted by Gasteiger charge is -2.23. The van der Waals surface area contributed by atoms with Crippen LogP contribution < -0.4 is 0 Å². The monoisotopic (exact) mass is 401 g/mol. The summed E-state index contributed by atoms with van der Waals surface area (Å²) in [4.78, 5) is -2.68. The molecular formula is C9H2F7NO5S2. The molecule has 0 spiro atoms. The number of benzene rings is 1. The minimum Gasteiger partial charge on any atom is -0.281 e. The molecule has 0 saturated carbocycles. The molecule has 0 radical (unpaired) electrons. The van der Waals surface area contributed by atoms with Crippen LogP contribution in [0.5, 0.6) is 0 Å². The van der Waals surface area contributed by atoms with Gasteiger partial charge in [0.2, 0.25) is 0 Å². The predicted molar refractivity (Wildman–Crippen MR) is 59.7 cm³/mol. The van der Waals surface area contributed by atoms with Gasteiger partial charge in [-0.1, -0.05) is 0 Å². The van der Waals surface area contributed by atoms with Crippen molar-refractivity contribution in [2.24, 2.45) is 0 Å². The molecule has 0 unspecified atom stereocenters. The summed E-state index contributed by atoms with van der Waals surface area (Å²) in [6.45, 7) is 0.